The van der Waals surface area contributed by atoms with Crippen molar-refractivity contribution in [3.05, 3.63) is 303 Å². The van der Waals surface area contributed by atoms with E-state index >= 15 is 0 Å². The molecule has 0 amide bonds. The molecular weight excluding hydrogens is 1680 g/mol. The quantitative estimate of drug-likeness (QED) is 0.0259. The fourth-order valence-corrected chi connectivity index (χ4v) is 16.7. The first-order valence-corrected chi connectivity index (χ1v) is 44.0. The van der Waals surface area contributed by atoms with Gasteiger partial charge >= 0.3 is 24.0 Å². The lowest BCUT2D eigenvalue weighted by atomic mass is 9.92. The SMILES string of the molecule is CCCOc1nc(-c2ccc(O)cc2O)nc(-c2c3ccccc3cc3ccccc23)n1.CCCOc1nc(-c2ccc(O)cc2O)nc(-c2cc3c4ccccc4ccc3c3ccccc23)n1.CCCOc1nc(-c2ccc(O)cc2O)nc(-c2cc3ccccc3c3ccccc23)n1.CCCOc1nc(-c2ccc(O)cc2O)nc(-c2ccc3ccc4cccc5ccc2c3c45)n1. The second-order valence-corrected chi connectivity index (χ2v) is 32.0. The predicted molar refractivity (Wildman–Crippen MR) is 526 cm³/mol. The summed E-state index contributed by atoms with van der Waals surface area (Å²) in [6.07, 6.45) is 3.21. The van der Waals surface area contributed by atoms with Crippen molar-refractivity contribution >= 4 is 108 Å². The van der Waals surface area contributed by atoms with Gasteiger partial charge in [-0.3, -0.25) is 0 Å². The van der Waals surface area contributed by atoms with Gasteiger partial charge in [0.1, 0.15) is 46.0 Å². The first-order chi connectivity index (χ1) is 65.5. The van der Waals surface area contributed by atoms with Crippen LogP contribution in [0.4, 0.5) is 0 Å². The zero-order valence-corrected chi connectivity index (χ0v) is 73.1. The standard InChI is InChI=1S/C30H23N3O3.C28H21N3O3.2C26H21N3O3/c1-2-15-36-30-32-28(24-14-12-19(34)16-27(24)35)31-29(33-30)26-17-25-20-8-4-3-7-18(20)11-13-23(25)21-9-5-6-10-22(21)26;1-2-14-34-28-30-26(29-27(31-28)22-13-10-19(32)15-23(22)33)21-12-9-18-7-6-16-4-3-5-17-8-11-20(21)25(18)24(16)17;1-2-13-32-26-28-24(21-12-11-18(30)15-22(21)31)27-25(29-26)23-19-9-5-3-7-16(19)14-17-8-4-6-10-20(17)23;1-2-13-32-26-28-24(21-12-11-17(30)15-23(21)31)27-25(29-26)22-14-16-7-3-4-8-18(16)19-9-5-6-10-20(19)22/h3-14,16-17,34-35H,2,15H2,1H3;3-13,15,32-33H,2,14H2,1H3;2*3-12,14-15,30-31H,2,13H2,1H3. The van der Waals surface area contributed by atoms with E-state index < -0.39 is 0 Å². The Morgan fingerprint density at radius 3 is 0.881 bits per heavy atom. The first kappa shape index (κ1) is 85.9. The molecule has 134 heavy (non-hydrogen) atoms. The van der Waals surface area contributed by atoms with E-state index in [9.17, 15) is 40.9 Å². The molecule has 0 radical (unpaired) electrons. The lowest BCUT2D eigenvalue weighted by molar-refractivity contribution is 0.292. The highest BCUT2D eigenvalue weighted by atomic mass is 16.5. The van der Waals surface area contributed by atoms with Crippen LogP contribution < -0.4 is 18.9 Å². The van der Waals surface area contributed by atoms with E-state index in [1.54, 1.807) is 24.3 Å². The Bertz CT molecular complexity index is 8170. The van der Waals surface area contributed by atoms with Crippen molar-refractivity contribution < 1.29 is 59.8 Å². The van der Waals surface area contributed by atoms with Crippen LogP contribution in [0.1, 0.15) is 53.4 Å². The largest absolute Gasteiger partial charge is 0.508 e. The fourth-order valence-electron chi connectivity index (χ4n) is 16.7. The number of nitrogens with zero attached hydrogens (tertiary/aromatic N) is 12. The summed E-state index contributed by atoms with van der Waals surface area (Å²) in [5.41, 5.74) is 4.97. The second kappa shape index (κ2) is 37.6. The van der Waals surface area contributed by atoms with Crippen molar-refractivity contribution in [1.29, 1.82) is 0 Å². The topological polar surface area (TPSA) is 353 Å². The zero-order chi connectivity index (χ0) is 92.0. The molecule has 0 saturated carbocycles. The Morgan fingerprint density at radius 2 is 0.463 bits per heavy atom. The highest BCUT2D eigenvalue weighted by Gasteiger charge is 2.25. The van der Waals surface area contributed by atoms with E-state index in [1.807, 2.05) is 125 Å². The summed E-state index contributed by atoms with van der Waals surface area (Å²) in [4.78, 5) is 55.2. The molecule has 8 N–H and O–H groups in total. The van der Waals surface area contributed by atoms with Gasteiger partial charge in [-0.25, -0.2) is 19.9 Å². The average molecular weight is 1770 g/mol. The van der Waals surface area contributed by atoms with Crippen LogP contribution >= 0.6 is 0 Å². The third kappa shape index (κ3) is 17.5. The Labute approximate surface area is 767 Å². The van der Waals surface area contributed by atoms with Gasteiger partial charge in [0.15, 0.2) is 46.6 Å². The van der Waals surface area contributed by atoms with Crippen LogP contribution in [0.2, 0.25) is 0 Å². The molecule has 18 aromatic carbocycles. The van der Waals surface area contributed by atoms with Crippen LogP contribution in [0.15, 0.2) is 303 Å². The molecule has 0 atom stereocenters. The Kier molecular flexibility index (Phi) is 24.1. The monoisotopic (exact) mass is 1770 g/mol. The minimum Gasteiger partial charge on any atom is -0.508 e. The van der Waals surface area contributed by atoms with E-state index in [0.29, 0.717) is 72.0 Å². The summed E-state index contributed by atoms with van der Waals surface area (Å²) in [7, 11) is 0. The van der Waals surface area contributed by atoms with Crippen molar-refractivity contribution in [2.24, 2.45) is 0 Å². The third-order valence-electron chi connectivity index (χ3n) is 22.9. The highest BCUT2D eigenvalue weighted by molar-refractivity contribution is 6.26. The smallest absolute Gasteiger partial charge is 0.320 e. The molecule has 0 aliphatic carbocycles. The number of aromatic nitrogens is 12. The molecule has 24 heteroatoms. The van der Waals surface area contributed by atoms with Crippen molar-refractivity contribution in [2.45, 2.75) is 53.4 Å². The van der Waals surface area contributed by atoms with Gasteiger partial charge in [0.05, 0.1) is 48.7 Å². The maximum absolute atomic E-state index is 10.5. The highest BCUT2D eigenvalue weighted by Crippen LogP contribution is 2.45. The molecule has 0 fully saturated rings. The van der Waals surface area contributed by atoms with Crippen LogP contribution in [0.3, 0.4) is 0 Å². The van der Waals surface area contributed by atoms with Crippen LogP contribution in [-0.2, 0) is 0 Å². The van der Waals surface area contributed by atoms with E-state index in [1.165, 1.54) is 70.1 Å². The molecule has 0 aliphatic heterocycles. The number of phenolic OH excluding ortho intramolecular Hbond substituents is 8. The minimum absolute atomic E-state index is 0.0373. The molecule has 0 spiro atoms. The van der Waals surface area contributed by atoms with E-state index in [-0.39, 0.29) is 93.3 Å². The number of hydrogen-bond acceptors (Lipinski definition) is 24. The van der Waals surface area contributed by atoms with Gasteiger partial charge in [0, 0.05) is 46.5 Å². The molecule has 4 aromatic heterocycles. The summed E-state index contributed by atoms with van der Waals surface area (Å²) in [6.45, 7) is 9.87. The lowest BCUT2D eigenvalue weighted by Crippen LogP contribution is -2.05. The van der Waals surface area contributed by atoms with Crippen molar-refractivity contribution in [2.75, 3.05) is 26.4 Å². The molecule has 0 unspecified atom stereocenters. The molecule has 22 rings (SSSR count). The van der Waals surface area contributed by atoms with Crippen LogP contribution in [0.5, 0.6) is 70.0 Å². The number of hydrogen-bond donors (Lipinski definition) is 8. The normalized spacial score (nSPS) is 11.3. The number of phenols is 8. The number of benzene rings is 18. The molecule has 24 nitrogen and oxygen atoms in total. The van der Waals surface area contributed by atoms with Gasteiger partial charge in [-0.1, -0.05) is 234 Å². The van der Waals surface area contributed by atoms with Gasteiger partial charge in [-0.05, 0) is 206 Å². The zero-order valence-electron chi connectivity index (χ0n) is 73.1. The maximum atomic E-state index is 10.5. The van der Waals surface area contributed by atoms with Gasteiger partial charge in [-0.15, -0.1) is 0 Å². The summed E-state index contributed by atoms with van der Waals surface area (Å²) in [6, 6.07) is 96.7. The number of fused-ring (bicyclic) bond motifs is 10. The molecule has 0 aliphatic rings. The molecule has 4 heterocycles. The molecule has 0 bridgehead atoms. The number of ether oxygens (including phenoxy) is 4. The number of aromatic hydroxyl groups is 8. The van der Waals surface area contributed by atoms with Crippen LogP contribution in [-0.4, -0.2) is 127 Å². The second-order valence-electron chi connectivity index (χ2n) is 32.0. The molecule has 658 valence electrons. The van der Waals surface area contributed by atoms with Gasteiger partial charge in [0.25, 0.3) is 0 Å². The molecule has 0 saturated heterocycles. The Morgan fingerprint density at radius 1 is 0.187 bits per heavy atom. The van der Waals surface area contributed by atoms with Crippen LogP contribution in [0, 0.1) is 0 Å². The maximum Gasteiger partial charge on any atom is 0.320 e. The first-order valence-electron chi connectivity index (χ1n) is 44.0. The van der Waals surface area contributed by atoms with E-state index in [2.05, 4.69) is 178 Å². The summed E-state index contributed by atoms with van der Waals surface area (Å²) in [5, 5.41) is 103. The van der Waals surface area contributed by atoms with Crippen LogP contribution in [0.25, 0.3) is 199 Å². The fraction of sp³-hybridized carbons (Fsp3) is 0.109. The van der Waals surface area contributed by atoms with Crippen molar-refractivity contribution in [3.8, 4) is 161 Å². The van der Waals surface area contributed by atoms with Gasteiger partial charge in [-0.2, -0.15) is 39.9 Å². The molecule has 22 aromatic rings. The Balaban J connectivity index is 0.000000115. The van der Waals surface area contributed by atoms with Crippen molar-refractivity contribution in [1.82, 2.24) is 59.8 Å². The van der Waals surface area contributed by atoms with Gasteiger partial charge < -0.3 is 59.8 Å². The lowest BCUT2D eigenvalue weighted by Gasteiger charge is -2.14. The number of rotatable bonds is 20. The Hall–Kier alpha value is -17.5. The predicted octanol–water partition coefficient (Wildman–Crippen LogP) is 24.6. The summed E-state index contributed by atoms with van der Waals surface area (Å²) >= 11 is 0. The van der Waals surface area contributed by atoms with E-state index in [4.69, 9.17) is 33.9 Å². The van der Waals surface area contributed by atoms with Crippen molar-refractivity contribution in [3.63, 3.8) is 0 Å². The average Bonchev–Trinajstić information content (AvgIpc) is 0.713. The van der Waals surface area contributed by atoms with E-state index in [0.717, 1.165) is 134 Å². The molecular formula is C110H86N12O12. The minimum atomic E-state index is -0.122. The van der Waals surface area contributed by atoms with Gasteiger partial charge in [0.2, 0.25) is 0 Å². The summed E-state index contributed by atoms with van der Waals surface area (Å²) < 4.78 is 23.1. The summed E-state index contributed by atoms with van der Waals surface area (Å²) in [5.74, 6) is 2.28. The third-order valence-corrected chi connectivity index (χ3v) is 22.9.